The predicted octanol–water partition coefficient (Wildman–Crippen LogP) is 1.61. The number of carbonyl (C=O) groups excluding carboxylic acids is 1. The van der Waals surface area contributed by atoms with E-state index >= 15 is 0 Å². The quantitative estimate of drug-likeness (QED) is 0.860. The van der Waals surface area contributed by atoms with Crippen LogP contribution >= 0.6 is 24.8 Å². The van der Waals surface area contributed by atoms with E-state index in [0.29, 0.717) is 19.0 Å². The molecule has 0 radical (unpaired) electrons. The van der Waals surface area contributed by atoms with Crippen LogP contribution in [0.4, 0.5) is 0 Å². The summed E-state index contributed by atoms with van der Waals surface area (Å²) in [5.41, 5.74) is 7.04. The lowest BCUT2D eigenvalue weighted by Crippen LogP contribution is -2.46. The van der Waals surface area contributed by atoms with Crippen molar-refractivity contribution in [2.24, 2.45) is 5.73 Å². The van der Waals surface area contributed by atoms with Gasteiger partial charge in [-0.15, -0.1) is 24.8 Å². The van der Waals surface area contributed by atoms with Crippen LogP contribution in [0.15, 0.2) is 30.3 Å². The maximum absolute atomic E-state index is 12.0. The van der Waals surface area contributed by atoms with Crippen molar-refractivity contribution in [3.05, 3.63) is 35.9 Å². The number of carbonyl (C=O) groups is 1. The van der Waals surface area contributed by atoms with E-state index in [9.17, 15) is 4.79 Å². The molecule has 0 saturated carbocycles. The highest BCUT2D eigenvalue weighted by Gasteiger charge is 2.22. The summed E-state index contributed by atoms with van der Waals surface area (Å²) in [7, 11) is 2.10. The second-order valence-corrected chi connectivity index (χ2v) is 5.32. The number of rotatable bonds is 5. The normalized spacial score (nSPS) is 19.2. The number of likely N-dealkylation sites (tertiary alicyclic amines) is 1. The standard InChI is InChI=1S/C15H23N3O.2ClH/c1-18-9-5-8-13(18)11-17-15(19)14(16)10-12-6-3-2-4-7-12;;/h2-4,6-7,13-14H,5,8-11,16H2,1H3,(H,17,19);2*1H. The molecule has 21 heavy (non-hydrogen) atoms. The first-order chi connectivity index (χ1) is 9.16. The number of nitrogens with two attached hydrogens (primary N) is 1. The molecule has 0 spiro atoms. The minimum Gasteiger partial charge on any atom is -0.353 e. The van der Waals surface area contributed by atoms with Crippen LogP contribution in [0.1, 0.15) is 18.4 Å². The van der Waals surface area contributed by atoms with Gasteiger partial charge in [-0.3, -0.25) is 4.79 Å². The Labute approximate surface area is 139 Å². The summed E-state index contributed by atoms with van der Waals surface area (Å²) in [6, 6.07) is 9.89. The maximum Gasteiger partial charge on any atom is 0.237 e. The van der Waals surface area contributed by atoms with Crippen LogP contribution < -0.4 is 11.1 Å². The zero-order chi connectivity index (χ0) is 13.7. The Hall–Kier alpha value is -0.810. The number of benzene rings is 1. The largest absolute Gasteiger partial charge is 0.353 e. The lowest BCUT2D eigenvalue weighted by Gasteiger charge is -2.21. The highest BCUT2D eigenvalue weighted by atomic mass is 35.5. The zero-order valence-electron chi connectivity index (χ0n) is 12.3. The number of nitrogens with zero attached hydrogens (tertiary/aromatic N) is 1. The molecule has 6 heteroatoms. The van der Waals surface area contributed by atoms with E-state index in [1.807, 2.05) is 30.3 Å². The Morgan fingerprint density at radius 2 is 2.05 bits per heavy atom. The van der Waals surface area contributed by atoms with Crippen molar-refractivity contribution >= 4 is 30.7 Å². The lowest BCUT2D eigenvalue weighted by atomic mass is 10.1. The summed E-state index contributed by atoms with van der Waals surface area (Å²) in [5.74, 6) is -0.0517. The van der Waals surface area contributed by atoms with Gasteiger partial charge < -0.3 is 16.0 Å². The molecule has 1 aromatic carbocycles. The van der Waals surface area contributed by atoms with Crippen LogP contribution in [-0.2, 0) is 11.2 Å². The molecule has 0 aliphatic carbocycles. The molecule has 1 fully saturated rings. The van der Waals surface area contributed by atoms with E-state index in [0.717, 1.165) is 18.5 Å². The van der Waals surface area contributed by atoms with Crippen LogP contribution in [0.5, 0.6) is 0 Å². The van der Waals surface area contributed by atoms with Gasteiger partial charge in [0.15, 0.2) is 0 Å². The first-order valence-corrected chi connectivity index (χ1v) is 6.94. The molecule has 1 saturated heterocycles. The van der Waals surface area contributed by atoms with Crippen LogP contribution in [0.2, 0.25) is 0 Å². The minimum absolute atomic E-state index is 0. The molecule has 2 unspecified atom stereocenters. The number of nitrogens with one attached hydrogen (secondary N) is 1. The van der Waals surface area contributed by atoms with Gasteiger partial charge in [0.25, 0.3) is 0 Å². The van der Waals surface area contributed by atoms with E-state index in [4.69, 9.17) is 5.73 Å². The smallest absolute Gasteiger partial charge is 0.237 e. The highest BCUT2D eigenvalue weighted by molar-refractivity contribution is 5.85. The second kappa shape index (κ2) is 10.0. The summed E-state index contributed by atoms with van der Waals surface area (Å²) >= 11 is 0. The van der Waals surface area contributed by atoms with Crippen molar-refractivity contribution in [1.29, 1.82) is 0 Å². The summed E-state index contributed by atoms with van der Waals surface area (Å²) in [4.78, 5) is 14.3. The second-order valence-electron chi connectivity index (χ2n) is 5.32. The number of hydrogen-bond acceptors (Lipinski definition) is 3. The third-order valence-corrected chi connectivity index (χ3v) is 3.82. The Morgan fingerprint density at radius 3 is 2.62 bits per heavy atom. The molecule has 1 aliphatic heterocycles. The summed E-state index contributed by atoms with van der Waals surface area (Å²) in [5, 5.41) is 2.97. The van der Waals surface area contributed by atoms with Crippen molar-refractivity contribution in [3.63, 3.8) is 0 Å². The van der Waals surface area contributed by atoms with Crippen LogP contribution in [-0.4, -0.2) is 43.0 Å². The van der Waals surface area contributed by atoms with Gasteiger partial charge >= 0.3 is 0 Å². The summed E-state index contributed by atoms with van der Waals surface area (Å²) in [6.45, 7) is 1.83. The van der Waals surface area contributed by atoms with E-state index in [1.54, 1.807) is 0 Å². The Balaban J connectivity index is 0.00000200. The van der Waals surface area contributed by atoms with Gasteiger partial charge in [0.2, 0.25) is 5.91 Å². The van der Waals surface area contributed by atoms with Gasteiger partial charge in [-0.25, -0.2) is 0 Å². The first kappa shape index (κ1) is 20.2. The molecule has 1 heterocycles. The van der Waals surface area contributed by atoms with E-state index < -0.39 is 6.04 Å². The number of hydrogen-bond donors (Lipinski definition) is 2. The third-order valence-electron chi connectivity index (χ3n) is 3.82. The number of halogens is 2. The highest BCUT2D eigenvalue weighted by Crippen LogP contribution is 2.13. The average Bonchev–Trinajstić information content (AvgIpc) is 2.82. The van der Waals surface area contributed by atoms with Crippen molar-refractivity contribution in [2.45, 2.75) is 31.3 Å². The minimum atomic E-state index is -0.464. The molecule has 2 atom stereocenters. The van der Waals surface area contributed by atoms with Crippen molar-refractivity contribution < 1.29 is 4.79 Å². The third kappa shape index (κ3) is 6.22. The average molecular weight is 334 g/mol. The SMILES string of the molecule is CN1CCCC1CNC(=O)C(N)Cc1ccccc1.Cl.Cl. The fraction of sp³-hybridized carbons (Fsp3) is 0.533. The van der Waals surface area contributed by atoms with E-state index in [2.05, 4.69) is 17.3 Å². The van der Waals surface area contributed by atoms with Crippen molar-refractivity contribution in [1.82, 2.24) is 10.2 Å². The molecule has 1 amide bonds. The Morgan fingerprint density at radius 1 is 1.38 bits per heavy atom. The molecule has 4 nitrogen and oxygen atoms in total. The van der Waals surface area contributed by atoms with Crippen LogP contribution in [0, 0.1) is 0 Å². The van der Waals surface area contributed by atoms with Gasteiger partial charge in [-0.2, -0.15) is 0 Å². The Kier molecular flexibility index (Phi) is 9.62. The number of likely N-dealkylation sites (N-methyl/N-ethyl adjacent to an activating group) is 1. The van der Waals surface area contributed by atoms with E-state index in [1.165, 1.54) is 6.42 Å². The van der Waals surface area contributed by atoms with Gasteiger partial charge in [-0.1, -0.05) is 30.3 Å². The molecule has 1 aliphatic rings. The fourth-order valence-corrected chi connectivity index (χ4v) is 2.55. The monoisotopic (exact) mass is 333 g/mol. The van der Waals surface area contributed by atoms with Crippen molar-refractivity contribution in [3.8, 4) is 0 Å². The zero-order valence-corrected chi connectivity index (χ0v) is 14.0. The number of amides is 1. The lowest BCUT2D eigenvalue weighted by molar-refractivity contribution is -0.122. The molecule has 1 aromatic rings. The molecular formula is C15H25Cl2N3O. The van der Waals surface area contributed by atoms with E-state index in [-0.39, 0.29) is 30.7 Å². The van der Waals surface area contributed by atoms with Crippen LogP contribution in [0.25, 0.3) is 0 Å². The van der Waals surface area contributed by atoms with Gasteiger partial charge in [0.1, 0.15) is 0 Å². The Bertz CT molecular complexity index is 417. The van der Waals surface area contributed by atoms with Crippen LogP contribution in [0.3, 0.4) is 0 Å². The predicted molar refractivity (Wildman–Crippen MR) is 91.3 cm³/mol. The molecular weight excluding hydrogens is 309 g/mol. The fourth-order valence-electron chi connectivity index (χ4n) is 2.55. The van der Waals surface area contributed by atoms with Gasteiger partial charge in [0, 0.05) is 12.6 Å². The van der Waals surface area contributed by atoms with Gasteiger partial charge in [-0.05, 0) is 38.4 Å². The maximum atomic E-state index is 12.0. The first-order valence-electron chi connectivity index (χ1n) is 6.94. The molecule has 0 aromatic heterocycles. The summed E-state index contributed by atoms with van der Waals surface area (Å²) in [6.07, 6.45) is 2.96. The molecule has 3 N–H and O–H groups in total. The summed E-state index contributed by atoms with van der Waals surface area (Å²) < 4.78 is 0. The molecule has 0 bridgehead atoms. The van der Waals surface area contributed by atoms with Crippen molar-refractivity contribution in [2.75, 3.05) is 20.1 Å². The molecule has 120 valence electrons. The van der Waals surface area contributed by atoms with Gasteiger partial charge in [0.05, 0.1) is 6.04 Å². The topological polar surface area (TPSA) is 58.4 Å². The molecule has 2 rings (SSSR count).